The number of benzene rings is 1. The summed E-state index contributed by atoms with van der Waals surface area (Å²) in [6.45, 7) is 0.946. The maximum Gasteiger partial charge on any atom is 0.229 e. The first-order valence-electron chi connectivity index (χ1n) is 9.01. The second-order valence-electron chi connectivity index (χ2n) is 6.64. The third-order valence-corrected chi connectivity index (χ3v) is 4.76. The SMILES string of the molecule is COc1ccc(CCN2CC(C(=O)Nc3ccc(N)nc3)CC2=O)cc1OC.Cl. The van der Waals surface area contributed by atoms with Crippen molar-refractivity contribution < 1.29 is 19.1 Å². The molecule has 2 amide bonds. The Morgan fingerprint density at radius 2 is 2.00 bits per heavy atom. The van der Waals surface area contributed by atoms with Crippen LogP contribution in [0.25, 0.3) is 0 Å². The van der Waals surface area contributed by atoms with Crippen LogP contribution in [0.2, 0.25) is 0 Å². The van der Waals surface area contributed by atoms with Crippen LogP contribution in [0.3, 0.4) is 0 Å². The van der Waals surface area contributed by atoms with E-state index in [1.165, 1.54) is 6.20 Å². The zero-order valence-corrected chi connectivity index (χ0v) is 17.2. The van der Waals surface area contributed by atoms with Crippen molar-refractivity contribution in [1.82, 2.24) is 9.88 Å². The second kappa shape index (κ2) is 9.97. The Hall–Kier alpha value is -3.00. The molecule has 1 aromatic carbocycles. The van der Waals surface area contributed by atoms with Gasteiger partial charge in [0.15, 0.2) is 11.5 Å². The maximum atomic E-state index is 12.4. The van der Waals surface area contributed by atoms with E-state index < -0.39 is 0 Å². The van der Waals surface area contributed by atoms with E-state index in [1.54, 1.807) is 31.3 Å². The number of ether oxygens (including phenoxy) is 2. The molecule has 156 valence electrons. The third-order valence-electron chi connectivity index (χ3n) is 4.76. The van der Waals surface area contributed by atoms with Gasteiger partial charge in [0.25, 0.3) is 0 Å². The number of pyridine rings is 1. The molecule has 0 radical (unpaired) electrons. The van der Waals surface area contributed by atoms with E-state index in [-0.39, 0.29) is 36.6 Å². The zero-order valence-electron chi connectivity index (χ0n) is 16.4. The van der Waals surface area contributed by atoms with Gasteiger partial charge in [-0.2, -0.15) is 0 Å². The quantitative estimate of drug-likeness (QED) is 0.710. The summed E-state index contributed by atoms with van der Waals surface area (Å²) >= 11 is 0. The summed E-state index contributed by atoms with van der Waals surface area (Å²) in [6, 6.07) is 8.99. The first-order valence-corrected chi connectivity index (χ1v) is 9.01. The molecule has 2 aromatic rings. The minimum absolute atomic E-state index is 0. The molecule has 9 heteroatoms. The molecule has 1 unspecified atom stereocenters. The van der Waals surface area contributed by atoms with E-state index in [0.717, 1.165) is 5.56 Å². The van der Waals surface area contributed by atoms with E-state index in [9.17, 15) is 9.59 Å². The lowest BCUT2D eigenvalue weighted by Crippen LogP contribution is -2.30. The van der Waals surface area contributed by atoms with Crippen molar-refractivity contribution in [1.29, 1.82) is 0 Å². The van der Waals surface area contributed by atoms with Crippen LogP contribution < -0.4 is 20.5 Å². The van der Waals surface area contributed by atoms with Gasteiger partial charge in [-0.1, -0.05) is 6.07 Å². The Kier molecular flexibility index (Phi) is 7.67. The van der Waals surface area contributed by atoms with Gasteiger partial charge >= 0.3 is 0 Å². The molecule has 0 spiro atoms. The molecular formula is C20H25ClN4O4. The molecule has 3 N–H and O–H groups in total. The Morgan fingerprint density at radius 1 is 1.24 bits per heavy atom. The lowest BCUT2D eigenvalue weighted by atomic mass is 10.1. The number of amides is 2. The topological polar surface area (TPSA) is 107 Å². The summed E-state index contributed by atoms with van der Waals surface area (Å²) in [6.07, 6.45) is 2.38. The molecule has 1 aliphatic heterocycles. The zero-order chi connectivity index (χ0) is 20.1. The van der Waals surface area contributed by atoms with E-state index in [2.05, 4.69) is 10.3 Å². The van der Waals surface area contributed by atoms with Gasteiger partial charge in [-0.15, -0.1) is 12.4 Å². The van der Waals surface area contributed by atoms with Crippen molar-refractivity contribution in [3.63, 3.8) is 0 Å². The number of carbonyl (C=O) groups is 2. The monoisotopic (exact) mass is 420 g/mol. The van der Waals surface area contributed by atoms with Crippen LogP contribution >= 0.6 is 12.4 Å². The van der Waals surface area contributed by atoms with Gasteiger partial charge in [0.2, 0.25) is 11.8 Å². The molecule has 0 bridgehead atoms. The molecule has 1 atom stereocenters. The summed E-state index contributed by atoms with van der Waals surface area (Å²) < 4.78 is 10.5. The minimum atomic E-state index is -0.379. The fourth-order valence-electron chi connectivity index (χ4n) is 3.19. The second-order valence-corrected chi connectivity index (χ2v) is 6.64. The highest BCUT2D eigenvalue weighted by Crippen LogP contribution is 2.28. The fourth-order valence-corrected chi connectivity index (χ4v) is 3.19. The summed E-state index contributed by atoms with van der Waals surface area (Å²) in [7, 11) is 3.18. The number of nitrogens with zero attached hydrogens (tertiary/aromatic N) is 2. The molecule has 1 aromatic heterocycles. The smallest absolute Gasteiger partial charge is 0.229 e. The van der Waals surface area contributed by atoms with Gasteiger partial charge in [0, 0.05) is 19.5 Å². The van der Waals surface area contributed by atoms with Crippen LogP contribution in [0.1, 0.15) is 12.0 Å². The van der Waals surface area contributed by atoms with E-state index >= 15 is 0 Å². The van der Waals surface area contributed by atoms with E-state index in [0.29, 0.717) is 42.5 Å². The highest BCUT2D eigenvalue weighted by atomic mass is 35.5. The lowest BCUT2D eigenvalue weighted by Gasteiger charge is -2.17. The number of carbonyl (C=O) groups excluding carboxylic acids is 2. The number of anilines is 2. The first kappa shape index (κ1) is 22.3. The van der Waals surface area contributed by atoms with E-state index in [1.807, 2.05) is 18.2 Å². The van der Waals surface area contributed by atoms with Gasteiger partial charge in [-0.05, 0) is 36.2 Å². The van der Waals surface area contributed by atoms with Crippen molar-refractivity contribution in [3.8, 4) is 11.5 Å². The summed E-state index contributed by atoms with van der Waals surface area (Å²) in [4.78, 5) is 30.4. The standard InChI is InChI=1S/C20H24N4O4.ClH/c1-27-16-5-3-13(9-17(16)28-2)7-8-24-12-14(10-19(24)25)20(26)23-15-4-6-18(21)22-11-15;/h3-6,9,11,14H,7-8,10,12H2,1-2H3,(H2,21,22)(H,23,26);1H. The van der Waals surface area contributed by atoms with E-state index in [4.69, 9.17) is 15.2 Å². The number of hydrogen-bond donors (Lipinski definition) is 2. The minimum Gasteiger partial charge on any atom is -0.493 e. The van der Waals surface area contributed by atoms with Gasteiger partial charge in [-0.25, -0.2) is 4.98 Å². The normalized spacial score (nSPS) is 15.6. The molecule has 3 rings (SSSR count). The third kappa shape index (κ3) is 5.51. The average Bonchev–Trinajstić information content (AvgIpc) is 3.08. The predicted octanol–water partition coefficient (Wildman–Crippen LogP) is 2.13. The highest BCUT2D eigenvalue weighted by Gasteiger charge is 2.34. The van der Waals surface area contributed by atoms with Crippen molar-refractivity contribution in [3.05, 3.63) is 42.1 Å². The first-order chi connectivity index (χ1) is 13.5. The Balaban J connectivity index is 0.00000300. The van der Waals surface area contributed by atoms with Gasteiger partial charge in [-0.3, -0.25) is 9.59 Å². The number of hydrogen-bond acceptors (Lipinski definition) is 6. The molecule has 8 nitrogen and oxygen atoms in total. The van der Waals surface area contributed by atoms with Crippen LogP contribution in [-0.4, -0.2) is 49.0 Å². The van der Waals surface area contributed by atoms with Crippen molar-refractivity contribution >= 4 is 35.7 Å². The molecule has 0 aliphatic carbocycles. The molecule has 29 heavy (non-hydrogen) atoms. The Labute approximate surface area is 175 Å². The number of nitrogen functional groups attached to an aromatic ring is 1. The summed E-state index contributed by atoms with van der Waals surface area (Å²) in [5, 5.41) is 2.79. The number of nitrogens with two attached hydrogens (primary N) is 1. The summed E-state index contributed by atoms with van der Waals surface area (Å²) in [5.41, 5.74) is 7.14. The highest BCUT2D eigenvalue weighted by molar-refractivity contribution is 5.97. The van der Waals surface area contributed by atoms with Gasteiger partial charge in [0.05, 0.1) is 32.0 Å². The number of halogens is 1. The number of rotatable bonds is 7. The molecule has 2 heterocycles. The van der Waals surface area contributed by atoms with Crippen LogP contribution in [0.5, 0.6) is 11.5 Å². The van der Waals surface area contributed by atoms with Crippen LogP contribution in [0.15, 0.2) is 36.5 Å². The molecule has 1 aliphatic rings. The Bertz CT molecular complexity index is 860. The number of likely N-dealkylation sites (tertiary alicyclic amines) is 1. The summed E-state index contributed by atoms with van der Waals surface area (Å²) in [5.74, 6) is 1.12. The fraction of sp³-hybridized carbons (Fsp3) is 0.350. The maximum absolute atomic E-state index is 12.4. The van der Waals surface area contributed by atoms with Crippen molar-refractivity contribution in [2.24, 2.45) is 5.92 Å². The molecule has 1 fully saturated rings. The predicted molar refractivity (Wildman–Crippen MR) is 112 cm³/mol. The molecular weight excluding hydrogens is 396 g/mol. The van der Waals surface area contributed by atoms with Crippen LogP contribution in [0.4, 0.5) is 11.5 Å². The lowest BCUT2D eigenvalue weighted by molar-refractivity contribution is -0.128. The van der Waals surface area contributed by atoms with Gasteiger partial charge < -0.3 is 25.4 Å². The number of aromatic nitrogens is 1. The Morgan fingerprint density at radius 3 is 2.66 bits per heavy atom. The number of nitrogens with one attached hydrogen (secondary N) is 1. The largest absolute Gasteiger partial charge is 0.493 e. The number of methoxy groups -OCH3 is 2. The average molecular weight is 421 g/mol. The van der Waals surface area contributed by atoms with Crippen molar-refractivity contribution in [2.45, 2.75) is 12.8 Å². The molecule has 0 saturated carbocycles. The van der Waals surface area contributed by atoms with Crippen LogP contribution in [0, 0.1) is 5.92 Å². The van der Waals surface area contributed by atoms with Crippen molar-refractivity contribution in [2.75, 3.05) is 38.4 Å². The van der Waals surface area contributed by atoms with Gasteiger partial charge in [0.1, 0.15) is 5.82 Å². The molecule has 1 saturated heterocycles. The van der Waals surface area contributed by atoms with Crippen LogP contribution in [-0.2, 0) is 16.0 Å².